The summed E-state index contributed by atoms with van der Waals surface area (Å²) in [6, 6.07) is -3.25. The van der Waals surface area contributed by atoms with Gasteiger partial charge in [0.1, 0.15) is 24.2 Å². The van der Waals surface area contributed by atoms with Gasteiger partial charge in [-0.15, -0.1) is 0 Å². The third kappa shape index (κ3) is 27.7. The summed E-state index contributed by atoms with van der Waals surface area (Å²) in [4.78, 5) is 39.5. The van der Waals surface area contributed by atoms with Crippen LogP contribution in [0.25, 0.3) is 0 Å². The lowest BCUT2D eigenvalue weighted by atomic mass is 10.0. The van der Waals surface area contributed by atoms with Crippen molar-refractivity contribution in [2.75, 3.05) is 6.61 Å². The zero-order chi connectivity index (χ0) is 25.9. The highest BCUT2D eigenvalue weighted by Crippen LogP contribution is 2.04. The number of carboxylic acids is 4. The molecule has 0 aromatic heterocycles. The van der Waals surface area contributed by atoms with Gasteiger partial charge in [0.25, 0.3) is 0 Å². The Morgan fingerprint density at radius 1 is 0.710 bits per heavy atom. The minimum Gasteiger partial charge on any atom is -0.480 e. The Hall–Kier alpha value is -2.32. The molecular formula is C18H40N4O9. The average molecular weight is 457 g/mol. The molecule has 13 nitrogen and oxygen atoms in total. The number of aliphatic hydroxyl groups is 1. The summed E-state index contributed by atoms with van der Waals surface area (Å²) in [7, 11) is 0. The highest BCUT2D eigenvalue weighted by atomic mass is 16.4. The lowest BCUT2D eigenvalue weighted by Gasteiger charge is -2.11. The molecule has 0 amide bonds. The minimum absolute atomic E-state index is 0.0718. The van der Waals surface area contributed by atoms with Crippen LogP contribution in [-0.4, -0.2) is 80.2 Å². The lowest BCUT2D eigenvalue weighted by Crippen LogP contribution is -2.36. The molecule has 31 heavy (non-hydrogen) atoms. The first kappa shape index (κ1) is 36.1. The van der Waals surface area contributed by atoms with E-state index in [1.54, 1.807) is 0 Å². The van der Waals surface area contributed by atoms with Gasteiger partial charge in [-0.25, -0.2) is 0 Å². The minimum atomic E-state index is -1.18. The monoisotopic (exact) mass is 456 g/mol. The van der Waals surface area contributed by atoms with E-state index in [-0.39, 0.29) is 5.92 Å². The predicted molar refractivity (Wildman–Crippen MR) is 114 cm³/mol. The molecule has 0 aliphatic rings. The largest absolute Gasteiger partial charge is 0.480 e. The third-order valence-electron chi connectivity index (χ3n) is 3.49. The summed E-state index contributed by atoms with van der Waals surface area (Å²) < 4.78 is 0. The second kappa shape index (κ2) is 20.9. The maximum Gasteiger partial charge on any atom is 0.322 e. The van der Waals surface area contributed by atoms with Crippen LogP contribution in [0.4, 0.5) is 0 Å². The molecule has 0 aromatic rings. The fraction of sp³-hybridized carbons (Fsp3) is 0.778. The second-order valence-corrected chi connectivity index (χ2v) is 7.08. The molecule has 0 bridgehead atoms. The summed E-state index contributed by atoms with van der Waals surface area (Å²) >= 11 is 0. The van der Waals surface area contributed by atoms with Crippen molar-refractivity contribution < 1.29 is 44.7 Å². The fourth-order valence-corrected chi connectivity index (χ4v) is 1.18. The number of aliphatic hydroxyl groups excluding tert-OH is 1. The van der Waals surface area contributed by atoms with Crippen molar-refractivity contribution >= 4 is 23.9 Å². The first-order valence-electron chi connectivity index (χ1n) is 9.50. The van der Waals surface area contributed by atoms with Crippen LogP contribution in [0.1, 0.15) is 47.5 Å². The Kier molecular flexibility index (Phi) is 24.4. The van der Waals surface area contributed by atoms with Gasteiger partial charge in [-0.2, -0.15) is 0 Å². The van der Waals surface area contributed by atoms with Crippen molar-refractivity contribution in [2.45, 2.75) is 71.6 Å². The van der Waals surface area contributed by atoms with Gasteiger partial charge in [-0.1, -0.05) is 34.1 Å². The summed E-state index contributed by atoms with van der Waals surface area (Å²) in [6.07, 6.45) is 1.36. The number of hydrogen-bond acceptors (Lipinski definition) is 9. The predicted octanol–water partition coefficient (Wildman–Crippen LogP) is -1.30. The van der Waals surface area contributed by atoms with Crippen LogP contribution < -0.4 is 22.9 Å². The van der Waals surface area contributed by atoms with Gasteiger partial charge < -0.3 is 48.5 Å². The molecule has 13 heteroatoms. The van der Waals surface area contributed by atoms with Gasteiger partial charge in [0.05, 0.1) is 6.61 Å². The molecule has 186 valence electrons. The smallest absolute Gasteiger partial charge is 0.322 e. The van der Waals surface area contributed by atoms with Crippen molar-refractivity contribution in [3.8, 4) is 0 Å². The normalized spacial score (nSPS) is 14.5. The average Bonchev–Trinajstić information content (AvgIpc) is 2.66. The maximum absolute atomic E-state index is 10.2. The summed E-state index contributed by atoms with van der Waals surface area (Å²) in [5.74, 6) is -3.54. The molecule has 13 N–H and O–H groups in total. The number of rotatable bonds is 9. The molecule has 0 heterocycles. The quantitative estimate of drug-likeness (QED) is 0.195. The fourth-order valence-electron chi connectivity index (χ4n) is 1.18. The van der Waals surface area contributed by atoms with Crippen LogP contribution in [0.5, 0.6) is 0 Å². The van der Waals surface area contributed by atoms with Gasteiger partial charge in [-0.3, -0.25) is 19.2 Å². The Balaban J connectivity index is -0.000000159. The van der Waals surface area contributed by atoms with E-state index < -0.39 is 54.7 Å². The molecule has 0 radical (unpaired) electrons. The number of carbonyl (C=O) groups is 4. The SMILES string of the molecule is CC(C)CC(N)C(=O)O.CC(N)C(=O)O.CCC(C)C(N)C(=O)O.NC(CO)C(=O)O. The standard InChI is InChI=1S/2C6H13NO2.C3H7NO3.C3H7NO2/c1-4(2)3-5(7)6(8)9;1-3-4(2)5(7)6(8)9;4-2(1-5)3(6)7;1-2(4)3(5)6/h2*4-5H,3,7H2,1-2H3,(H,8,9);2,5H,1,4H2,(H,6,7);2H,4H2,1H3,(H,5,6). The van der Waals surface area contributed by atoms with Gasteiger partial charge in [0, 0.05) is 0 Å². The van der Waals surface area contributed by atoms with E-state index in [1.165, 1.54) is 6.92 Å². The zero-order valence-electron chi connectivity index (χ0n) is 18.8. The Bertz CT molecular complexity index is 516. The van der Waals surface area contributed by atoms with Gasteiger partial charge in [0.15, 0.2) is 0 Å². The molecule has 0 spiro atoms. The van der Waals surface area contributed by atoms with Crippen molar-refractivity contribution in [1.82, 2.24) is 0 Å². The summed E-state index contributed by atoms with van der Waals surface area (Å²) in [5, 5.41) is 40.4. The number of carboxylic acid groups (broad SMARTS) is 4. The maximum atomic E-state index is 10.2. The van der Waals surface area contributed by atoms with Crippen LogP contribution >= 0.6 is 0 Å². The first-order chi connectivity index (χ1) is 14.0. The highest BCUT2D eigenvalue weighted by molar-refractivity contribution is 5.74. The number of nitrogens with two attached hydrogens (primary N) is 4. The molecule has 0 aromatic carbocycles. The Morgan fingerprint density at radius 3 is 1.13 bits per heavy atom. The molecule has 0 fully saturated rings. The highest BCUT2D eigenvalue weighted by Gasteiger charge is 2.17. The molecule has 0 aliphatic heterocycles. The summed E-state index contributed by atoms with van der Waals surface area (Å²) in [6.45, 7) is 8.56. The van der Waals surface area contributed by atoms with E-state index in [0.717, 1.165) is 6.42 Å². The van der Waals surface area contributed by atoms with Crippen molar-refractivity contribution in [2.24, 2.45) is 34.8 Å². The molecule has 5 unspecified atom stereocenters. The molecule has 0 rings (SSSR count). The zero-order valence-corrected chi connectivity index (χ0v) is 18.8. The summed E-state index contributed by atoms with van der Waals surface area (Å²) in [5.41, 5.74) is 20.1. The van der Waals surface area contributed by atoms with Gasteiger partial charge in [0.2, 0.25) is 0 Å². The van der Waals surface area contributed by atoms with Crippen molar-refractivity contribution in [1.29, 1.82) is 0 Å². The van der Waals surface area contributed by atoms with Crippen LogP contribution in [0.2, 0.25) is 0 Å². The van der Waals surface area contributed by atoms with Crippen LogP contribution in [-0.2, 0) is 19.2 Å². The van der Waals surface area contributed by atoms with Gasteiger partial charge in [-0.05, 0) is 25.2 Å². The van der Waals surface area contributed by atoms with Crippen molar-refractivity contribution in [3.63, 3.8) is 0 Å². The van der Waals surface area contributed by atoms with E-state index in [1.807, 2.05) is 27.7 Å². The third-order valence-corrected chi connectivity index (χ3v) is 3.49. The molecule has 0 saturated heterocycles. The second-order valence-electron chi connectivity index (χ2n) is 7.08. The van der Waals surface area contributed by atoms with Crippen LogP contribution in [0, 0.1) is 11.8 Å². The molecular weight excluding hydrogens is 416 g/mol. The number of aliphatic carboxylic acids is 4. The lowest BCUT2D eigenvalue weighted by molar-refractivity contribution is -0.140. The van der Waals surface area contributed by atoms with E-state index >= 15 is 0 Å². The van der Waals surface area contributed by atoms with Crippen LogP contribution in [0.15, 0.2) is 0 Å². The molecule has 5 atom stereocenters. The van der Waals surface area contributed by atoms with E-state index in [0.29, 0.717) is 12.3 Å². The topological polar surface area (TPSA) is 274 Å². The van der Waals surface area contributed by atoms with E-state index in [9.17, 15) is 19.2 Å². The number of hydrogen-bond donors (Lipinski definition) is 9. The molecule has 0 saturated carbocycles. The molecule has 0 aliphatic carbocycles. The van der Waals surface area contributed by atoms with Crippen LogP contribution in [0.3, 0.4) is 0 Å². The first-order valence-corrected chi connectivity index (χ1v) is 9.50. The van der Waals surface area contributed by atoms with Crippen molar-refractivity contribution in [3.05, 3.63) is 0 Å². The Labute approximate surface area is 182 Å². The van der Waals surface area contributed by atoms with Gasteiger partial charge >= 0.3 is 23.9 Å². The van der Waals surface area contributed by atoms with E-state index in [4.69, 9.17) is 48.5 Å². The Morgan fingerprint density at radius 2 is 1.06 bits per heavy atom. The van der Waals surface area contributed by atoms with E-state index in [2.05, 4.69) is 0 Å².